The Morgan fingerprint density at radius 2 is 0.929 bits per heavy atom. The first-order valence-corrected chi connectivity index (χ1v) is 51.2. The van der Waals surface area contributed by atoms with Crippen molar-refractivity contribution in [3.63, 3.8) is 0 Å². The number of ether oxygens (including phenoxy) is 15. The Bertz CT molecular complexity index is 4370. The van der Waals surface area contributed by atoms with E-state index in [1.807, 2.05) is 170 Å². The second kappa shape index (κ2) is 50.4. The zero-order valence-electron chi connectivity index (χ0n) is 89.4. The molecule has 0 aliphatic carbocycles. The molecule has 9 N–H and O–H groups in total. The van der Waals surface area contributed by atoms with Crippen LogP contribution in [-0.4, -0.2) is 364 Å². The van der Waals surface area contributed by atoms with Crippen LogP contribution in [0.4, 0.5) is 0 Å². The lowest BCUT2D eigenvalue weighted by atomic mass is 9.77. The van der Waals surface area contributed by atoms with Gasteiger partial charge in [-0.25, -0.2) is 4.79 Å². The van der Waals surface area contributed by atoms with Crippen LogP contribution < -0.4 is 4.74 Å². The number of esters is 4. The number of hydrogen-bond acceptors (Lipinski definition) is 34. The summed E-state index contributed by atoms with van der Waals surface area (Å²) in [7, 11) is 15.7. The first-order valence-electron chi connectivity index (χ1n) is 50.3. The van der Waals surface area contributed by atoms with Crippen LogP contribution in [0.15, 0.2) is 78.9 Å². The third-order valence-electron chi connectivity index (χ3n) is 30.8. The summed E-state index contributed by atoms with van der Waals surface area (Å²) in [5.41, 5.74) is -5.32. The van der Waals surface area contributed by atoms with E-state index in [1.54, 1.807) is 97.1 Å². The number of carbonyl (C=O) groups excluding carboxylic acids is 5. The highest BCUT2D eigenvalue weighted by molar-refractivity contribution is 8.00. The van der Waals surface area contributed by atoms with Crippen LogP contribution in [0.5, 0.6) is 5.75 Å². The van der Waals surface area contributed by atoms with E-state index in [4.69, 9.17) is 71.1 Å². The van der Waals surface area contributed by atoms with E-state index in [1.165, 1.54) is 53.7 Å². The lowest BCUT2D eigenvalue weighted by molar-refractivity contribution is -0.319. The molecule has 39 atom stereocenters. The van der Waals surface area contributed by atoms with Gasteiger partial charge in [0.15, 0.2) is 37.4 Å². The number of aryl methyl sites for hydroxylation is 1. The van der Waals surface area contributed by atoms with Gasteiger partial charge in [-0.3, -0.25) is 14.4 Å². The molecular formula is C106H174N4O29S. The Morgan fingerprint density at radius 3 is 1.33 bits per heavy atom. The van der Waals surface area contributed by atoms with E-state index in [2.05, 4.69) is 12.1 Å². The summed E-state index contributed by atoms with van der Waals surface area (Å²) in [6.45, 7) is 40.5. The highest BCUT2D eigenvalue weighted by Gasteiger charge is 2.58. The van der Waals surface area contributed by atoms with Crippen LogP contribution in [0.3, 0.4) is 0 Å². The van der Waals surface area contributed by atoms with E-state index < -0.39 is 233 Å². The maximum absolute atomic E-state index is 14.8. The normalized spacial score (nSPS) is 40.6. The number of nitrogens with zero attached hydrogens (tertiary/aromatic N) is 4. The summed E-state index contributed by atoms with van der Waals surface area (Å²) in [4.78, 5) is 79.1. The van der Waals surface area contributed by atoms with E-state index >= 15 is 0 Å². The van der Waals surface area contributed by atoms with Gasteiger partial charge in [-0.15, -0.1) is 11.8 Å². The summed E-state index contributed by atoms with van der Waals surface area (Å²) in [5.74, 6) is -7.90. The number of aliphatic hydroxyl groups excluding tert-OH is 5. The summed E-state index contributed by atoms with van der Waals surface area (Å²) in [5, 5.41) is 106. The van der Waals surface area contributed by atoms with Gasteiger partial charge < -0.3 is 141 Å². The van der Waals surface area contributed by atoms with Crippen LogP contribution in [0.25, 0.3) is 0 Å². The van der Waals surface area contributed by atoms with Gasteiger partial charge in [-0.1, -0.05) is 114 Å². The molecule has 6 aliphatic heterocycles. The Morgan fingerprint density at radius 1 is 0.529 bits per heavy atom. The van der Waals surface area contributed by atoms with Gasteiger partial charge in [0.2, 0.25) is 0 Å². The summed E-state index contributed by atoms with van der Waals surface area (Å²) in [6, 6.07) is 23.9. The SMILES string of the molecule is CC[C@H]1OC(=O)[C@H](C)[C@@H](O[C@H]2C[C@@](C)(OC)[C@@H](O)[C@H](C)O2)[C@H](C)[C@@H](O[C@@H]2O[C@H](C)C[C@H](N(C)C)[C@H]2O)[C@](C)(O)C[C@@H](C)CN(C)[C@H](C)[C@@H](O)[C@]1(C)O.CC[C@H]1OC(=O)[C@H](C)[C@@H](O[C@H]2C[C@@](C)(OC)[C@@H](O)[C@H](C)O2)[C@H](C)[C@@H](O[C@@H]2O[C@H](C)C[C@H](N(C)C)[C@H]2OC(=O)[C@@H](C)OC(=O)[C@H](CSC(c2ccccc2)(c2ccc(C)cc2)c2ccc(OC)cc2)CC(C)=O)[C@](C)(O)C[C@@H](C)CN(C)[C@H](C)[C@@H](O)[C@]1(C)O. The van der Waals surface area contributed by atoms with E-state index in [-0.39, 0.29) is 80.5 Å². The summed E-state index contributed by atoms with van der Waals surface area (Å²) >= 11 is 1.48. The van der Waals surface area contributed by atoms with Crippen LogP contribution in [-0.2, 0) is 95.0 Å². The zero-order valence-corrected chi connectivity index (χ0v) is 90.2. The van der Waals surface area contributed by atoms with Gasteiger partial charge in [0.05, 0.1) is 107 Å². The number of hydrogen-bond donors (Lipinski definition) is 9. The molecule has 798 valence electrons. The number of thioether (sulfide) groups is 1. The topological polar surface area (TPSA) is 419 Å². The second-order valence-corrected chi connectivity index (χ2v) is 44.6. The van der Waals surface area contributed by atoms with Crippen LogP contribution >= 0.6 is 11.8 Å². The van der Waals surface area contributed by atoms with Crippen molar-refractivity contribution in [1.29, 1.82) is 0 Å². The number of aliphatic hydroxyl groups is 9. The van der Waals surface area contributed by atoms with Crippen molar-refractivity contribution in [2.24, 2.45) is 41.4 Å². The van der Waals surface area contributed by atoms with Gasteiger partial charge in [-0.05, 0) is 239 Å². The highest BCUT2D eigenvalue weighted by atomic mass is 32.2. The van der Waals surface area contributed by atoms with Crippen molar-refractivity contribution < 1.29 is 141 Å². The van der Waals surface area contributed by atoms with Crippen molar-refractivity contribution in [3.05, 3.63) is 101 Å². The first kappa shape index (κ1) is 120. The molecule has 0 saturated carbocycles. The minimum atomic E-state index is -1.90. The van der Waals surface area contributed by atoms with Crippen molar-refractivity contribution in [1.82, 2.24) is 19.6 Å². The Labute approximate surface area is 836 Å². The predicted molar refractivity (Wildman–Crippen MR) is 530 cm³/mol. The molecule has 0 bridgehead atoms. The van der Waals surface area contributed by atoms with Crippen molar-refractivity contribution in [2.45, 2.75) is 408 Å². The first-order chi connectivity index (χ1) is 65.1. The number of Topliss-reactive ketones (excluding diaryl/α,β-unsaturated/α-hetero) is 1. The van der Waals surface area contributed by atoms with E-state index in [0.29, 0.717) is 31.7 Å². The third-order valence-corrected chi connectivity index (χ3v) is 32.5. The van der Waals surface area contributed by atoms with Crippen LogP contribution in [0.2, 0.25) is 0 Å². The van der Waals surface area contributed by atoms with Crippen molar-refractivity contribution in [2.75, 3.05) is 82.5 Å². The Hall–Kier alpha value is -5.56. The lowest BCUT2D eigenvalue weighted by Crippen LogP contribution is -2.61. The molecule has 6 heterocycles. The molecule has 0 aromatic heterocycles. The molecule has 0 spiro atoms. The number of cyclic esters (lactones) is 2. The number of rotatable bonds is 27. The molecule has 3 aromatic rings. The van der Waals surface area contributed by atoms with Gasteiger partial charge >= 0.3 is 23.9 Å². The number of benzene rings is 3. The number of ketones is 1. The Kier molecular flexibility index (Phi) is 43.1. The molecular weight excluding hydrogens is 1830 g/mol. The minimum Gasteiger partial charge on any atom is -0.497 e. The second-order valence-electron chi connectivity index (χ2n) is 43.4. The molecule has 140 heavy (non-hydrogen) atoms. The molecule has 6 aliphatic rings. The largest absolute Gasteiger partial charge is 0.497 e. The average molecular weight is 2000 g/mol. The molecule has 6 fully saturated rings. The molecule has 3 aromatic carbocycles. The number of methoxy groups -OCH3 is 3. The van der Waals surface area contributed by atoms with Crippen molar-refractivity contribution in [3.8, 4) is 5.75 Å². The molecule has 0 amide bonds. The highest BCUT2D eigenvalue weighted by Crippen LogP contribution is 2.51. The van der Waals surface area contributed by atoms with Gasteiger partial charge in [0, 0.05) is 82.3 Å². The van der Waals surface area contributed by atoms with Gasteiger partial charge in [0.1, 0.15) is 65.5 Å². The summed E-state index contributed by atoms with van der Waals surface area (Å²) < 4.78 is 93.7. The fourth-order valence-corrected chi connectivity index (χ4v) is 23.6. The number of likely N-dealkylation sites (N-methyl/N-ethyl adjacent to an activating group) is 4. The molecule has 6 saturated heterocycles. The van der Waals surface area contributed by atoms with E-state index in [0.717, 1.165) is 22.3 Å². The predicted octanol–water partition coefficient (Wildman–Crippen LogP) is 9.92. The quantitative estimate of drug-likeness (QED) is 0.0195. The lowest BCUT2D eigenvalue weighted by Gasteiger charge is -2.49. The molecule has 9 rings (SSSR count). The fourth-order valence-electron chi connectivity index (χ4n) is 22.0. The molecule has 34 heteroatoms. The molecule has 0 radical (unpaired) electrons. The number of carbonyl (C=O) groups is 5. The van der Waals surface area contributed by atoms with Crippen molar-refractivity contribution >= 4 is 41.4 Å². The molecule has 33 nitrogen and oxygen atoms in total. The van der Waals surface area contributed by atoms with Crippen LogP contribution in [0.1, 0.15) is 232 Å². The summed E-state index contributed by atoms with van der Waals surface area (Å²) in [6.07, 6.45) is -20.1. The monoisotopic (exact) mass is 2000 g/mol. The smallest absolute Gasteiger partial charge is 0.347 e. The van der Waals surface area contributed by atoms with Gasteiger partial charge in [-0.2, -0.15) is 0 Å². The minimum absolute atomic E-state index is 0.0378. The van der Waals surface area contributed by atoms with E-state index in [9.17, 15) is 69.9 Å². The zero-order chi connectivity index (χ0) is 105. The fraction of sp³-hybridized carbons (Fsp3) is 0.783. The molecule has 1 unspecified atom stereocenters. The Balaban J connectivity index is 0.000000392. The maximum atomic E-state index is 14.8. The van der Waals surface area contributed by atoms with Gasteiger partial charge in [0.25, 0.3) is 0 Å². The third kappa shape index (κ3) is 28.7. The average Bonchev–Trinajstić information content (AvgIpc) is 0.812. The standard InChI is InChI=1S/C68H102N2O17S.C38H72N2O12/c1-19-54-67(13,78)58(72)45(8)70(16)37-40(3)35-65(11,77)60(43(6)56(44(7)61(74)84-54)85-55-36-66(12,80-18)59(73)46(9)82-55)87-64-57(53(69(14)15)34-42(5)81-64)86-62(75)47(10)83-63(76)48(33-41(4)71)38-88-68(49-23-21-20-22-24-49,50-27-25-39(2)26-28-50)51-29-31-52(79-17)32-30-51;1-15-27-38(10,46)31(42)24(6)40(13)19-20(2)17-36(8,45)33(52-35-29(41)26(39(11)12)16-21(3)48-35)22(4)30(23(5)34(44)50-27)51-28-18-37(9,47-14)32(43)25(7)49-28/h20-32,40,42-48,53-60,64,72-73,77-78H,19,33-38H2,1-18H3;20-33,35,41-43,45-46H,15-19H2,1-14H3/t40-,42-,43+,44-,45-,46+,47-,48+,53+,54-,55+,56+,57-,58-,59+,60-,64+,65-,66-,67-,68?;20-,21-,22+,23-,24-,25+,26+,27-,28+,29-,30+,31-,32+,33-,35+,36-,37-,38-/m11/s1. The maximum Gasteiger partial charge on any atom is 0.347 e. The van der Waals surface area contributed by atoms with Crippen LogP contribution in [0, 0.1) is 48.3 Å².